The van der Waals surface area contributed by atoms with Crippen molar-refractivity contribution in [3.8, 4) is 0 Å². The molecule has 1 N–H and O–H groups in total. The first-order valence-electron chi connectivity index (χ1n) is 4.94. The minimum Gasteiger partial charge on any atom is -0.352 e. The largest absolute Gasteiger partial charge is 0.352 e. The van der Waals surface area contributed by atoms with Gasteiger partial charge in [0.1, 0.15) is 9.84 Å². The van der Waals surface area contributed by atoms with E-state index in [1.165, 1.54) is 6.07 Å². The van der Waals surface area contributed by atoms with Crippen molar-refractivity contribution >= 4 is 38.9 Å². The van der Waals surface area contributed by atoms with Gasteiger partial charge < -0.3 is 5.32 Å². The Labute approximate surface area is 115 Å². The fourth-order valence-corrected chi connectivity index (χ4v) is 2.14. The van der Waals surface area contributed by atoms with Crippen molar-refractivity contribution in [1.82, 2.24) is 15.5 Å². The number of hydrogen-bond donors (Lipinski definition) is 1. The molecule has 0 saturated carbocycles. The van der Waals surface area contributed by atoms with E-state index in [0.717, 1.165) is 6.26 Å². The van der Waals surface area contributed by atoms with Crippen LogP contribution in [0.5, 0.6) is 0 Å². The minimum absolute atomic E-state index is 0.0103. The summed E-state index contributed by atoms with van der Waals surface area (Å²) in [4.78, 5) is 11.7. The van der Waals surface area contributed by atoms with E-state index < -0.39 is 15.7 Å². The number of nitrogens with zero attached hydrogens (tertiary/aromatic N) is 2. The third kappa shape index (κ3) is 5.16. The molecule has 18 heavy (non-hydrogen) atoms. The zero-order valence-electron chi connectivity index (χ0n) is 9.48. The molecule has 9 heteroatoms. The number of nitrogens with one attached hydrogen (secondary N) is 1. The Morgan fingerprint density at radius 2 is 2.06 bits per heavy atom. The lowest BCUT2D eigenvalue weighted by Gasteiger charge is -2.05. The van der Waals surface area contributed by atoms with Crippen LogP contribution in [0.4, 0.5) is 0 Å². The summed E-state index contributed by atoms with van der Waals surface area (Å²) in [6.07, 6.45) is 1.46. The number of amides is 1. The fourth-order valence-electron chi connectivity index (χ4n) is 1.14. The topological polar surface area (TPSA) is 89.0 Å². The number of sulfone groups is 1. The summed E-state index contributed by atoms with van der Waals surface area (Å²) in [5.74, 6) is -0.457. The SMILES string of the molecule is CS(=O)(=O)CCCNC(=O)c1cc(Cl)nnc1Cl. The second kappa shape index (κ2) is 6.31. The Morgan fingerprint density at radius 1 is 1.39 bits per heavy atom. The molecule has 100 valence electrons. The number of aromatic nitrogens is 2. The molecule has 6 nitrogen and oxygen atoms in total. The molecule has 0 radical (unpaired) electrons. The maximum absolute atomic E-state index is 11.7. The van der Waals surface area contributed by atoms with Crippen LogP contribution in [0.25, 0.3) is 0 Å². The minimum atomic E-state index is -3.02. The van der Waals surface area contributed by atoms with E-state index >= 15 is 0 Å². The summed E-state index contributed by atoms with van der Waals surface area (Å²) in [5.41, 5.74) is 0.107. The van der Waals surface area contributed by atoms with Gasteiger partial charge in [-0.25, -0.2) is 8.42 Å². The van der Waals surface area contributed by atoms with Gasteiger partial charge >= 0.3 is 0 Å². The zero-order valence-corrected chi connectivity index (χ0v) is 11.8. The maximum Gasteiger partial charge on any atom is 0.254 e. The molecule has 0 atom stereocenters. The Morgan fingerprint density at radius 3 is 2.67 bits per heavy atom. The van der Waals surface area contributed by atoms with Crippen LogP contribution in [-0.4, -0.2) is 43.1 Å². The molecule has 0 aliphatic heterocycles. The molecule has 0 spiro atoms. The third-order valence-electron chi connectivity index (χ3n) is 1.94. The number of carbonyl (C=O) groups excluding carboxylic acids is 1. The Bertz CT molecular complexity index is 548. The van der Waals surface area contributed by atoms with Gasteiger partial charge in [-0.05, 0) is 12.5 Å². The van der Waals surface area contributed by atoms with Crippen LogP contribution < -0.4 is 5.32 Å². The maximum atomic E-state index is 11.7. The average Bonchev–Trinajstić information content (AvgIpc) is 2.26. The van der Waals surface area contributed by atoms with Crippen molar-refractivity contribution in [2.45, 2.75) is 6.42 Å². The molecule has 1 aromatic rings. The molecule has 0 bridgehead atoms. The van der Waals surface area contributed by atoms with Gasteiger partial charge in [0, 0.05) is 12.8 Å². The van der Waals surface area contributed by atoms with E-state index in [0.29, 0.717) is 6.42 Å². The summed E-state index contributed by atoms with van der Waals surface area (Å²) < 4.78 is 21.8. The summed E-state index contributed by atoms with van der Waals surface area (Å²) in [7, 11) is -3.02. The molecule has 1 amide bonds. The summed E-state index contributed by atoms with van der Waals surface area (Å²) in [6, 6.07) is 1.29. The molecule has 1 heterocycles. The van der Waals surface area contributed by atoms with Crippen molar-refractivity contribution in [2.75, 3.05) is 18.6 Å². The molecule has 0 unspecified atom stereocenters. The summed E-state index contributed by atoms with van der Waals surface area (Å²) in [6.45, 7) is 0.224. The van der Waals surface area contributed by atoms with Crippen LogP contribution in [0.3, 0.4) is 0 Å². The normalized spacial score (nSPS) is 11.3. The molecular formula is C9H11Cl2N3O3S. The van der Waals surface area contributed by atoms with Crippen molar-refractivity contribution < 1.29 is 13.2 Å². The van der Waals surface area contributed by atoms with Crippen LogP contribution in [-0.2, 0) is 9.84 Å². The lowest BCUT2D eigenvalue weighted by atomic mass is 10.3. The molecular weight excluding hydrogens is 301 g/mol. The summed E-state index contributed by atoms with van der Waals surface area (Å²) in [5, 5.41) is 9.49. The highest BCUT2D eigenvalue weighted by molar-refractivity contribution is 7.90. The van der Waals surface area contributed by atoms with Crippen LogP contribution in [0.1, 0.15) is 16.8 Å². The first-order valence-corrected chi connectivity index (χ1v) is 7.76. The zero-order chi connectivity index (χ0) is 13.8. The van der Waals surface area contributed by atoms with Crippen LogP contribution in [0, 0.1) is 0 Å². The quantitative estimate of drug-likeness (QED) is 0.818. The van der Waals surface area contributed by atoms with Gasteiger partial charge in [-0.3, -0.25) is 4.79 Å². The van der Waals surface area contributed by atoms with E-state index in [1.807, 2.05) is 0 Å². The lowest BCUT2D eigenvalue weighted by molar-refractivity contribution is 0.0953. The first-order chi connectivity index (χ1) is 8.29. The monoisotopic (exact) mass is 311 g/mol. The highest BCUT2D eigenvalue weighted by Gasteiger charge is 2.12. The van der Waals surface area contributed by atoms with Gasteiger partial charge in [0.05, 0.1) is 11.3 Å². The van der Waals surface area contributed by atoms with E-state index in [-0.39, 0.29) is 28.2 Å². The Hall–Kier alpha value is -0.920. The van der Waals surface area contributed by atoms with Gasteiger partial charge in [-0.15, -0.1) is 10.2 Å². The predicted molar refractivity (Wildman–Crippen MR) is 68.7 cm³/mol. The average molecular weight is 312 g/mol. The van der Waals surface area contributed by atoms with Gasteiger partial charge in [-0.2, -0.15) is 0 Å². The molecule has 1 aromatic heterocycles. The number of rotatable bonds is 5. The van der Waals surface area contributed by atoms with Crippen LogP contribution in [0.15, 0.2) is 6.07 Å². The van der Waals surface area contributed by atoms with Crippen molar-refractivity contribution in [3.63, 3.8) is 0 Å². The fraction of sp³-hybridized carbons (Fsp3) is 0.444. The highest BCUT2D eigenvalue weighted by Crippen LogP contribution is 2.14. The molecule has 0 aliphatic rings. The van der Waals surface area contributed by atoms with Gasteiger partial charge in [0.15, 0.2) is 10.3 Å². The van der Waals surface area contributed by atoms with Gasteiger partial charge in [0.2, 0.25) is 0 Å². The third-order valence-corrected chi connectivity index (χ3v) is 3.44. The number of hydrogen-bond acceptors (Lipinski definition) is 5. The van der Waals surface area contributed by atoms with Gasteiger partial charge in [0.25, 0.3) is 5.91 Å². The lowest BCUT2D eigenvalue weighted by Crippen LogP contribution is -2.26. The predicted octanol–water partition coefficient (Wildman–Crippen LogP) is 0.948. The molecule has 0 aromatic carbocycles. The Balaban J connectivity index is 2.53. The molecule has 0 aliphatic carbocycles. The van der Waals surface area contributed by atoms with Crippen LogP contribution in [0.2, 0.25) is 10.3 Å². The molecule has 0 saturated heterocycles. The van der Waals surface area contributed by atoms with Crippen molar-refractivity contribution in [2.24, 2.45) is 0 Å². The Kier molecular flexibility index (Phi) is 5.30. The smallest absolute Gasteiger partial charge is 0.254 e. The molecule has 1 rings (SSSR count). The number of halogens is 2. The second-order valence-corrected chi connectivity index (χ2v) is 6.62. The molecule has 0 fully saturated rings. The number of carbonyl (C=O) groups is 1. The van der Waals surface area contributed by atoms with Gasteiger partial charge in [-0.1, -0.05) is 23.2 Å². The van der Waals surface area contributed by atoms with E-state index in [4.69, 9.17) is 23.2 Å². The first kappa shape index (κ1) is 15.1. The standard InChI is InChI=1S/C9H11Cl2N3O3S/c1-18(16,17)4-2-3-12-9(15)6-5-7(10)13-14-8(6)11/h5H,2-4H2,1H3,(H,12,15). The highest BCUT2D eigenvalue weighted by atomic mass is 35.5. The van der Waals surface area contributed by atoms with E-state index in [1.54, 1.807) is 0 Å². The van der Waals surface area contributed by atoms with Crippen molar-refractivity contribution in [1.29, 1.82) is 0 Å². The second-order valence-electron chi connectivity index (χ2n) is 3.61. The van der Waals surface area contributed by atoms with E-state index in [2.05, 4.69) is 15.5 Å². The van der Waals surface area contributed by atoms with Crippen molar-refractivity contribution in [3.05, 3.63) is 21.9 Å². The summed E-state index contributed by atoms with van der Waals surface area (Å²) >= 11 is 11.3. The van der Waals surface area contributed by atoms with Crippen LogP contribution >= 0.6 is 23.2 Å². The van der Waals surface area contributed by atoms with E-state index in [9.17, 15) is 13.2 Å².